The average molecular weight is 345 g/mol. The number of likely N-dealkylation sites (tertiary alicyclic amines) is 1. The van der Waals surface area contributed by atoms with E-state index < -0.39 is 0 Å². The van der Waals surface area contributed by atoms with E-state index in [2.05, 4.69) is 30.1 Å². The minimum Gasteiger partial charge on any atom is -0.382 e. The summed E-state index contributed by atoms with van der Waals surface area (Å²) >= 11 is 0. The first-order valence-electron chi connectivity index (χ1n) is 9.64. The van der Waals surface area contributed by atoms with Crippen LogP contribution < -0.4 is 5.32 Å². The van der Waals surface area contributed by atoms with E-state index in [1.165, 1.54) is 25.8 Å². The quantitative estimate of drug-likeness (QED) is 0.891. The smallest absolute Gasteiger partial charge is 0.254 e. The third-order valence-corrected chi connectivity index (χ3v) is 5.35. The van der Waals surface area contributed by atoms with Gasteiger partial charge in [-0.15, -0.1) is 0 Å². The lowest BCUT2D eigenvalue weighted by atomic mass is 10.0. The predicted octanol–water partition coefficient (Wildman–Crippen LogP) is 2.75. The van der Waals surface area contributed by atoms with Gasteiger partial charge in [0.2, 0.25) is 0 Å². The van der Waals surface area contributed by atoms with Crippen LogP contribution in [0.5, 0.6) is 0 Å². The maximum atomic E-state index is 12.8. The number of hydrogen-bond donors (Lipinski definition) is 1. The monoisotopic (exact) mass is 345 g/mol. The van der Waals surface area contributed by atoms with Crippen LogP contribution in [-0.2, 0) is 4.74 Å². The molecule has 2 aliphatic rings. The summed E-state index contributed by atoms with van der Waals surface area (Å²) in [7, 11) is 0. The van der Waals surface area contributed by atoms with Gasteiger partial charge in [0.15, 0.2) is 0 Å². The Kier molecular flexibility index (Phi) is 6.32. The summed E-state index contributed by atoms with van der Waals surface area (Å²) in [5.74, 6) is 0.127. The van der Waals surface area contributed by atoms with Gasteiger partial charge in [-0.25, -0.2) is 0 Å². The third kappa shape index (κ3) is 4.53. The molecule has 0 unspecified atom stereocenters. The first kappa shape index (κ1) is 18.2. The van der Waals surface area contributed by atoms with Crippen molar-refractivity contribution in [3.63, 3.8) is 0 Å². The van der Waals surface area contributed by atoms with Crippen molar-refractivity contribution >= 4 is 11.6 Å². The molecule has 2 fully saturated rings. The van der Waals surface area contributed by atoms with Crippen LogP contribution in [0.15, 0.2) is 18.2 Å². The van der Waals surface area contributed by atoms with Crippen LogP contribution >= 0.6 is 0 Å². The zero-order valence-electron chi connectivity index (χ0n) is 15.6. The van der Waals surface area contributed by atoms with Gasteiger partial charge in [-0.1, -0.05) is 13.0 Å². The van der Waals surface area contributed by atoms with Gasteiger partial charge in [0.25, 0.3) is 5.91 Å². The number of nitrogens with zero attached hydrogens (tertiary/aromatic N) is 2. The summed E-state index contributed by atoms with van der Waals surface area (Å²) < 4.78 is 5.36. The summed E-state index contributed by atoms with van der Waals surface area (Å²) in [4.78, 5) is 17.3. The normalized spacial score (nSPS) is 19.8. The number of ether oxygens (including phenoxy) is 1. The number of carbonyl (C=O) groups excluding carboxylic acids is 1. The number of anilines is 1. The molecule has 0 radical (unpaired) electrons. The molecule has 138 valence electrons. The van der Waals surface area contributed by atoms with Crippen LogP contribution in [0.3, 0.4) is 0 Å². The molecule has 2 saturated heterocycles. The minimum absolute atomic E-state index is 0.127. The fourth-order valence-corrected chi connectivity index (χ4v) is 3.80. The standard InChI is InChI=1S/C20H31N3O2/c1-3-9-22-10-7-17(8-11-22)21-19-6-4-5-18(16(19)2)20(24)23-12-14-25-15-13-23/h4-6,17,21H,3,7-15H2,1-2H3. The number of hydrogen-bond acceptors (Lipinski definition) is 4. The second-order valence-corrected chi connectivity index (χ2v) is 7.14. The number of rotatable bonds is 5. The van der Waals surface area contributed by atoms with Crippen LogP contribution in [0.2, 0.25) is 0 Å². The van der Waals surface area contributed by atoms with Crippen molar-refractivity contribution in [1.82, 2.24) is 9.80 Å². The van der Waals surface area contributed by atoms with E-state index in [-0.39, 0.29) is 5.91 Å². The Balaban J connectivity index is 1.64. The lowest BCUT2D eigenvalue weighted by Gasteiger charge is -2.33. The highest BCUT2D eigenvalue weighted by Crippen LogP contribution is 2.24. The largest absolute Gasteiger partial charge is 0.382 e. The van der Waals surface area contributed by atoms with Crippen molar-refractivity contribution in [3.05, 3.63) is 29.3 Å². The molecular weight excluding hydrogens is 314 g/mol. The molecule has 0 bridgehead atoms. The summed E-state index contributed by atoms with van der Waals surface area (Å²) in [5, 5.41) is 3.69. The van der Waals surface area contributed by atoms with Gasteiger partial charge in [0.1, 0.15) is 0 Å². The average Bonchev–Trinajstić information content (AvgIpc) is 2.65. The fraction of sp³-hybridized carbons (Fsp3) is 0.650. The Hall–Kier alpha value is -1.59. The van der Waals surface area contributed by atoms with Gasteiger partial charge in [0.05, 0.1) is 13.2 Å². The number of nitrogens with one attached hydrogen (secondary N) is 1. The molecule has 1 aromatic rings. The molecule has 1 aromatic carbocycles. The molecule has 0 aromatic heterocycles. The second-order valence-electron chi connectivity index (χ2n) is 7.14. The number of carbonyl (C=O) groups is 1. The van der Waals surface area contributed by atoms with Crippen LogP contribution in [-0.4, -0.2) is 67.7 Å². The number of amides is 1. The molecule has 5 nitrogen and oxygen atoms in total. The highest BCUT2D eigenvalue weighted by atomic mass is 16.5. The first-order chi connectivity index (χ1) is 12.2. The van der Waals surface area contributed by atoms with Gasteiger partial charge in [-0.3, -0.25) is 4.79 Å². The number of piperidine rings is 1. The first-order valence-corrected chi connectivity index (χ1v) is 9.64. The van der Waals surface area contributed by atoms with Crippen molar-refractivity contribution < 1.29 is 9.53 Å². The van der Waals surface area contributed by atoms with Gasteiger partial charge in [-0.05, 0) is 50.4 Å². The van der Waals surface area contributed by atoms with E-state index in [1.807, 2.05) is 17.0 Å². The molecule has 1 N–H and O–H groups in total. The molecule has 2 aliphatic heterocycles. The van der Waals surface area contributed by atoms with E-state index in [4.69, 9.17) is 4.74 Å². The van der Waals surface area contributed by atoms with Gasteiger partial charge >= 0.3 is 0 Å². The molecule has 3 rings (SSSR count). The van der Waals surface area contributed by atoms with Crippen molar-refractivity contribution in [2.24, 2.45) is 0 Å². The fourth-order valence-electron chi connectivity index (χ4n) is 3.80. The van der Waals surface area contributed by atoms with E-state index in [0.717, 1.165) is 29.9 Å². The molecule has 0 atom stereocenters. The zero-order chi connectivity index (χ0) is 17.6. The third-order valence-electron chi connectivity index (χ3n) is 5.35. The minimum atomic E-state index is 0.127. The number of morpholine rings is 1. The van der Waals surface area contributed by atoms with Crippen LogP contribution in [0.1, 0.15) is 42.1 Å². The topological polar surface area (TPSA) is 44.8 Å². The van der Waals surface area contributed by atoms with Crippen molar-refractivity contribution in [2.45, 2.75) is 39.2 Å². The Morgan fingerprint density at radius 2 is 1.92 bits per heavy atom. The predicted molar refractivity (Wildman–Crippen MR) is 101 cm³/mol. The Morgan fingerprint density at radius 1 is 1.20 bits per heavy atom. The van der Waals surface area contributed by atoms with Gasteiger partial charge in [0, 0.05) is 43.5 Å². The number of benzene rings is 1. The highest BCUT2D eigenvalue weighted by molar-refractivity contribution is 5.97. The Bertz CT molecular complexity index is 576. The summed E-state index contributed by atoms with van der Waals surface area (Å²) in [6.07, 6.45) is 3.56. The summed E-state index contributed by atoms with van der Waals surface area (Å²) in [6, 6.07) is 6.54. The molecule has 1 amide bonds. The summed E-state index contributed by atoms with van der Waals surface area (Å²) in [5.41, 5.74) is 2.98. The molecule has 5 heteroatoms. The molecule has 2 heterocycles. The van der Waals surface area contributed by atoms with Crippen LogP contribution in [0.25, 0.3) is 0 Å². The maximum absolute atomic E-state index is 12.8. The van der Waals surface area contributed by atoms with E-state index >= 15 is 0 Å². The molecule has 0 spiro atoms. The SMILES string of the molecule is CCCN1CCC(Nc2cccc(C(=O)N3CCOCC3)c2C)CC1. The van der Waals surface area contributed by atoms with E-state index in [0.29, 0.717) is 32.3 Å². The van der Waals surface area contributed by atoms with Crippen LogP contribution in [0.4, 0.5) is 5.69 Å². The van der Waals surface area contributed by atoms with Crippen molar-refractivity contribution in [2.75, 3.05) is 51.3 Å². The second kappa shape index (κ2) is 8.68. The lowest BCUT2D eigenvalue weighted by Crippen LogP contribution is -2.41. The van der Waals surface area contributed by atoms with Crippen molar-refractivity contribution in [1.29, 1.82) is 0 Å². The molecule has 0 aliphatic carbocycles. The van der Waals surface area contributed by atoms with E-state index in [1.54, 1.807) is 0 Å². The maximum Gasteiger partial charge on any atom is 0.254 e. The van der Waals surface area contributed by atoms with Crippen LogP contribution in [0, 0.1) is 6.92 Å². The molecule has 0 saturated carbocycles. The summed E-state index contributed by atoms with van der Waals surface area (Å²) in [6.45, 7) is 10.5. The molecular formula is C20H31N3O2. The molecule has 25 heavy (non-hydrogen) atoms. The van der Waals surface area contributed by atoms with Crippen molar-refractivity contribution in [3.8, 4) is 0 Å². The van der Waals surface area contributed by atoms with Gasteiger partial charge in [-0.2, -0.15) is 0 Å². The Labute approximate surface area is 151 Å². The van der Waals surface area contributed by atoms with Gasteiger partial charge < -0.3 is 19.9 Å². The van der Waals surface area contributed by atoms with E-state index in [9.17, 15) is 4.79 Å². The highest BCUT2D eigenvalue weighted by Gasteiger charge is 2.23. The lowest BCUT2D eigenvalue weighted by molar-refractivity contribution is 0.0302. The zero-order valence-corrected chi connectivity index (χ0v) is 15.6. The Morgan fingerprint density at radius 3 is 2.60 bits per heavy atom.